The zero-order valence-corrected chi connectivity index (χ0v) is 22.8. The zero-order valence-electron chi connectivity index (χ0n) is 20.4. The Morgan fingerprint density at radius 1 is 0.914 bits per heavy atom. The fourth-order valence-corrected chi connectivity index (χ4v) is 4.86. The molecule has 1 atom stereocenters. The molecule has 0 aliphatic heterocycles. The SMILES string of the molecule is CCCNC(=O)C(Cc1ccccc1)N(Cc1ccc(C)cc1)C(=O)CSCc1ccc(Br)cc1. The van der Waals surface area contributed by atoms with E-state index in [9.17, 15) is 9.59 Å². The van der Waals surface area contributed by atoms with Gasteiger partial charge in [0, 0.05) is 29.7 Å². The summed E-state index contributed by atoms with van der Waals surface area (Å²) in [5, 5.41) is 3.03. The van der Waals surface area contributed by atoms with Gasteiger partial charge in [0.1, 0.15) is 6.04 Å². The van der Waals surface area contributed by atoms with Crippen molar-refractivity contribution in [2.75, 3.05) is 12.3 Å². The zero-order chi connectivity index (χ0) is 25.0. The lowest BCUT2D eigenvalue weighted by atomic mass is 10.0. The number of carbonyl (C=O) groups excluding carboxylic acids is 2. The van der Waals surface area contributed by atoms with Gasteiger partial charge in [0.2, 0.25) is 11.8 Å². The Balaban J connectivity index is 1.81. The van der Waals surface area contributed by atoms with Crippen LogP contribution in [0.2, 0.25) is 0 Å². The average molecular weight is 554 g/mol. The number of rotatable bonds is 12. The molecule has 184 valence electrons. The summed E-state index contributed by atoms with van der Waals surface area (Å²) in [5.74, 6) is 0.922. The third kappa shape index (κ3) is 8.86. The highest BCUT2D eigenvalue weighted by molar-refractivity contribution is 9.10. The summed E-state index contributed by atoms with van der Waals surface area (Å²) in [6.07, 6.45) is 1.32. The molecule has 2 amide bonds. The Hall–Kier alpha value is -2.57. The standard InChI is InChI=1S/C29H33BrN2O2S/c1-3-17-31-29(34)27(18-23-7-5-4-6-8-23)32(19-24-11-9-22(2)10-12-24)28(33)21-35-20-25-13-15-26(30)16-14-25/h4-16,27H,3,17-21H2,1-2H3,(H,31,34). The molecule has 0 saturated heterocycles. The normalized spacial score (nSPS) is 11.6. The molecule has 1 unspecified atom stereocenters. The molecule has 0 saturated carbocycles. The summed E-state index contributed by atoms with van der Waals surface area (Å²) in [5.41, 5.74) is 4.38. The van der Waals surface area contributed by atoms with E-state index >= 15 is 0 Å². The Bertz CT molecular complexity index is 1070. The van der Waals surface area contributed by atoms with Crippen LogP contribution in [0.25, 0.3) is 0 Å². The third-order valence-electron chi connectivity index (χ3n) is 5.70. The van der Waals surface area contributed by atoms with Crippen molar-refractivity contribution in [3.05, 3.63) is 106 Å². The van der Waals surface area contributed by atoms with Crippen LogP contribution in [0, 0.1) is 6.92 Å². The van der Waals surface area contributed by atoms with Gasteiger partial charge in [-0.2, -0.15) is 0 Å². The summed E-state index contributed by atoms with van der Waals surface area (Å²) in [6, 6.07) is 25.6. The van der Waals surface area contributed by atoms with E-state index in [0.29, 0.717) is 25.3 Å². The quantitative estimate of drug-likeness (QED) is 0.293. The number of hydrogen-bond donors (Lipinski definition) is 1. The highest BCUT2D eigenvalue weighted by atomic mass is 79.9. The Kier molecular flexibility index (Phi) is 10.9. The van der Waals surface area contributed by atoms with Crippen LogP contribution in [-0.2, 0) is 28.3 Å². The number of nitrogens with one attached hydrogen (secondary N) is 1. The smallest absolute Gasteiger partial charge is 0.243 e. The molecule has 3 aromatic carbocycles. The molecule has 0 aliphatic carbocycles. The highest BCUT2D eigenvalue weighted by Gasteiger charge is 2.30. The van der Waals surface area contributed by atoms with Gasteiger partial charge in [-0.3, -0.25) is 9.59 Å². The summed E-state index contributed by atoms with van der Waals surface area (Å²) < 4.78 is 1.04. The molecular weight excluding hydrogens is 520 g/mol. The molecule has 0 aliphatic rings. The Morgan fingerprint density at radius 2 is 1.57 bits per heavy atom. The van der Waals surface area contributed by atoms with E-state index in [2.05, 4.69) is 33.4 Å². The van der Waals surface area contributed by atoms with Crippen molar-refractivity contribution in [2.45, 2.75) is 45.0 Å². The van der Waals surface area contributed by atoms with Gasteiger partial charge >= 0.3 is 0 Å². The van der Waals surface area contributed by atoms with E-state index < -0.39 is 6.04 Å². The van der Waals surface area contributed by atoms with Crippen molar-refractivity contribution >= 4 is 39.5 Å². The van der Waals surface area contributed by atoms with Crippen LogP contribution in [0.1, 0.15) is 35.6 Å². The van der Waals surface area contributed by atoms with Gasteiger partial charge in [0.15, 0.2) is 0 Å². The number of benzene rings is 3. The highest BCUT2D eigenvalue weighted by Crippen LogP contribution is 2.20. The third-order valence-corrected chi connectivity index (χ3v) is 7.22. The van der Waals surface area contributed by atoms with Crippen LogP contribution in [0.3, 0.4) is 0 Å². The van der Waals surface area contributed by atoms with Crippen LogP contribution >= 0.6 is 27.7 Å². The van der Waals surface area contributed by atoms with Crippen molar-refractivity contribution in [2.24, 2.45) is 0 Å². The van der Waals surface area contributed by atoms with Crippen molar-refractivity contribution in [3.8, 4) is 0 Å². The first-order valence-corrected chi connectivity index (χ1v) is 13.9. The molecule has 3 rings (SSSR count). The lowest BCUT2D eigenvalue weighted by Gasteiger charge is -2.31. The Labute approximate surface area is 221 Å². The Morgan fingerprint density at radius 3 is 2.23 bits per heavy atom. The van der Waals surface area contributed by atoms with Crippen LogP contribution < -0.4 is 5.32 Å². The lowest BCUT2D eigenvalue weighted by Crippen LogP contribution is -2.51. The first-order chi connectivity index (χ1) is 17.0. The molecule has 6 heteroatoms. The van der Waals surface area contributed by atoms with E-state index in [-0.39, 0.29) is 11.8 Å². The van der Waals surface area contributed by atoms with E-state index in [0.717, 1.165) is 33.3 Å². The average Bonchev–Trinajstić information content (AvgIpc) is 2.87. The fraction of sp³-hybridized carbons (Fsp3) is 0.310. The fourth-order valence-electron chi connectivity index (χ4n) is 3.73. The van der Waals surface area contributed by atoms with Gasteiger partial charge in [0.25, 0.3) is 0 Å². The number of amides is 2. The van der Waals surface area contributed by atoms with E-state index in [1.54, 1.807) is 16.7 Å². The van der Waals surface area contributed by atoms with Gasteiger partial charge in [-0.25, -0.2) is 0 Å². The molecule has 0 radical (unpaired) electrons. The predicted molar refractivity (Wildman–Crippen MR) is 149 cm³/mol. The van der Waals surface area contributed by atoms with Crippen molar-refractivity contribution in [1.82, 2.24) is 10.2 Å². The van der Waals surface area contributed by atoms with Gasteiger partial charge in [-0.05, 0) is 42.2 Å². The van der Waals surface area contributed by atoms with Gasteiger partial charge in [-0.1, -0.05) is 95.1 Å². The number of thioether (sulfide) groups is 1. The van der Waals surface area contributed by atoms with Crippen molar-refractivity contribution in [1.29, 1.82) is 0 Å². The summed E-state index contributed by atoms with van der Waals surface area (Å²) in [7, 11) is 0. The summed E-state index contributed by atoms with van der Waals surface area (Å²) >= 11 is 5.04. The monoisotopic (exact) mass is 552 g/mol. The molecule has 3 aromatic rings. The van der Waals surface area contributed by atoms with Gasteiger partial charge in [0.05, 0.1) is 5.75 Å². The summed E-state index contributed by atoms with van der Waals surface area (Å²) in [4.78, 5) is 28.7. The maximum atomic E-state index is 13.6. The van der Waals surface area contributed by atoms with E-state index in [1.807, 2.05) is 80.6 Å². The largest absolute Gasteiger partial charge is 0.354 e. The van der Waals surface area contributed by atoms with Crippen molar-refractivity contribution in [3.63, 3.8) is 0 Å². The number of halogens is 1. The summed E-state index contributed by atoms with van der Waals surface area (Å²) in [6.45, 7) is 5.06. The van der Waals surface area contributed by atoms with Crippen molar-refractivity contribution < 1.29 is 9.59 Å². The minimum Gasteiger partial charge on any atom is -0.354 e. The van der Waals surface area contributed by atoms with Gasteiger partial charge in [-0.15, -0.1) is 11.8 Å². The van der Waals surface area contributed by atoms with Crippen LogP contribution in [0.4, 0.5) is 0 Å². The van der Waals surface area contributed by atoms with E-state index in [4.69, 9.17) is 0 Å². The van der Waals surface area contributed by atoms with Crippen LogP contribution in [0.5, 0.6) is 0 Å². The molecule has 0 spiro atoms. The topological polar surface area (TPSA) is 49.4 Å². The maximum absolute atomic E-state index is 13.6. The minimum atomic E-state index is -0.578. The minimum absolute atomic E-state index is 0.0275. The molecule has 35 heavy (non-hydrogen) atoms. The number of nitrogens with zero attached hydrogens (tertiary/aromatic N) is 1. The van der Waals surface area contributed by atoms with Gasteiger partial charge < -0.3 is 10.2 Å². The molecule has 0 aromatic heterocycles. The lowest BCUT2D eigenvalue weighted by molar-refractivity contribution is -0.139. The first kappa shape index (κ1) is 27.0. The molecule has 0 heterocycles. The molecule has 4 nitrogen and oxygen atoms in total. The predicted octanol–water partition coefficient (Wildman–Crippen LogP) is 6.16. The second-order valence-electron chi connectivity index (χ2n) is 8.62. The molecular formula is C29H33BrN2O2S. The second-order valence-corrected chi connectivity index (χ2v) is 10.5. The molecule has 0 bridgehead atoms. The maximum Gasteiger partial charge on any atom is 0.243 e. The number of aryl methyl sites for hydroxylation is 1. The van der Waals surface area contributed by atoms with Crippen LogP contribution in [0.15, 0.2) is 83.3 Å². The number of hydrogen-bond acceptors (Lipinski definition) is 3. The number of carbonyl (C=O) groups is 2. The molecule has 1 N–H and O–H groups in total. The second kappa shape index (κ2) is 14.1. The first-order valence-electron chi connectivity index (χ1n) is 11.9. The molecule has 0 fully saturated rings. The van der Waals surface area contributed by atoms with E-state index in [1.165, 1.54) is 5.56 Å². The van der Waals surface area contributed by atoms with Crippen LogP contribution in [-0.4, -0.2) is 35.1 Å².